The van der Waals surface area contributed by atoms with Gasteiger partial charge in [-0.3, -0.25) is 19.2 Å². The van der Waals surface area contributed by atoms with Crippen LogP contribution in [0.1, 0.15) is 133 Å². The topological polar surface area (TPSA) is 268 Å². The van der Waals surface area contributed by atoms with E-state index in [4.69, 9.17) is 21.9 Å². The van der Waals surface area contributed by atoms with E-state index in [2.05, 4.69) is 0 Å². The van der Waals surface area contributed by atoms with Crippen LogP contribution in [-0.4, -0.2) is 147 Å². The molecule has 5 aromatic carbocycles. The van der Waals surface area contributed by atoms with Crippen LogP contribution in [0.5, 0.6) is 5.75 Å². The van der Waals surface area contributed by atoms with Crippen molar-refractivity contribution in [2.24, 2.45) is 35.0 Å². The number of carbonyl (C=O) groups excluding carboxylic acids is 4. The normalized spacial score (nSPS) is 23.3. The lowest BCUT2D eigenvalue weighted by molar-refractivity contribution is -0.137. The van der Waals surface area contributed by atoms with Crippen LogP contribution in [0.3, 0.4) is 0 Å². The molecule has 552 valence electrons. The fourth-order valence-electron chi connectivity index (χ4n) is 15.6. The number of ether oxygens (including phenoxy) is 1. The van der Waals surface area contributed by atoms with E-state index in [0.29, 0.717) is 62.5 Å². The van der Waals surface area contributed by atoms with Gasteiger partial charge in [0.15, 0.2) is 64.4 Å². The Kier molecular flexibility index (Phi) is 25.4. The first-order chi connectivity index (χ1) is 47.5. The van der Waals surface area contributed by atoms with Gasteiger partial charge in [-0.25, -0.2) is 64.8 Å². The summed E-state index contributed by atoms with van der Waals surface area (Å²) in [6, 6.07) is 14.5. The van der Waals surface area contributed by atoms with Gasteiger partial charge in [0.1, 0.15) is 34.7 Å². The molecule has 6 fully saturated rings. The van der Waals surface area contributed by atoms with E-state index in [1.165, 1.54) is 38.3 Å². The number of benzene rings is 5. The molecular formula is C72H87F9N6O11S3. The van der Waals surface area contributed by atoms with Crippen LogP contribution in [0.2, 0.25) is 0 Å². The van der Waals surface area contributed by atoms with Gasteiger partial charge in [0.2, 0.25) is 17.7 Å². The molecule has 0 aliphatic carbocycles. The van der Waals surface area contributed by atoms with Gasteiger partial charge >= 0.3 is 0 Å². The minimum absolute atomic E-state index is 0.00855. The van der Waals surface area contributed by atoms with Gasteiger partial charge in [-0.2, -0.15) is 0 Å². The third-order valence-corrected chi connectivity index (χ3v) is 26.5. The Morgan fingerprint density at radius 3 is 1.11 bits per heavy atom. The van der Waals surface area contributed by atoms with Crippen molar-refractivity contribution < 1.29 is 88.7 Å². The van der Waals surface area contributed by atoms with Gasteiger partial charge in [0.25, 0.3) is 0 Å². The number of nitrogens with two attached hydrogens (primary N) is 3. The molecule has 6 aliphatic rings. The Labute approximate surface area is 583 Å². The first-order valence-electron chi connectivity index (χ1n) is 34.0. The summed E-state index contributed by atoms with van der Waals surface area (Å²) in [4.78, 5) is 55.5. The van der Waals surface area contributed by atoms with Crippen LogP contribution in [0.25, 0.3) is 0 Å². The minimum Gasteiger partial charge on any atom is -0.497 e. The van der Waals surface area contributed by atoms with E-state index in [1.54, 1.807) is 52.8 Å². The average Bonchev–Trinajstić information content (AvgIpc) is 1.67. The molecule has 3 amide bonds. The van der Waals surface area contributed by atoms with E-state index in [9.17, 15) is 83.9 Å². The Balaban J connectivity index is 0.000000178. The van der Waals surface area contributed by atoms with Crippen molar-refractivity contribution in [2.45, 2.75) is 206 Å². The molecule has 101 heavy (non-hydrogen) atoms. The quantitative estimate of drug-likeness (QED) is 0.0406. The van der Waals surface area contributed by atoms with Crippen molar-refractivity contribution in [3.63, 3.8) is 0 Å². The van der Waals surface area contributed by atoms with Crippen molar-refractivity contribution in [1.82, 2.24) is 14.7 Å². The molecule has 6 aliphatic heterocycles. The highest BCUT2D eigenvalue weighted by Crippen LogP contribution is 2.44. The van der Waals surface area contributed by atoms with Gasteiger partial charge in [0, 0.05) is 91.8 Å². The number of carbonyl (C=O) groups is 4. The van der Waals surface area contributed by atoms with Crippen LogP contribution in [0.4, 0.5) is 39.5 Å². The maximum absolute atomic E-state index is 14.1. The Morgan fingerprint density at radius 1 is 0.455 bits per heavy atom. The highest BCUT2D eigenvalue weighted by molar-refractivity contribution is 7.92. The molecule has 3 unspecified atom stereocenters. The number of methoxy groups -OCH3 is 1. The summed E-state index contributed by atoms with van der Waals surface area (Å²) < 4.78 is 203. The summed E-state index contributed by atoms with van der Waals surface area (Å²) in [6.45, 7) is 4.58. The van der Waals surface area contributed by atoms with Crippen molar-refractivity contribution in [3.05, 3.63) is 160 Å². The number of piperidine rings is 3. The standard InChI is InChI=1S/C27H31F3N2O4S.C25H29F3N2O4S.C20H27F3N2O3S/c1-16(33)10-17-2-6-22(7-3-17)37(35,36)9-8-27(34)32-20-4-5-21(32)12-19(11-20)26(31)14-18-13-24(29)25(30)15-23(18)28;1-34-19-3-2-4-20(13-19)35(32,33)8-7-25(31)30-17-5-6-18(30)10-16(9-17)24(29)12-15-11-22(27)23(28)14-21(15)26;1-11(2)29(27,28)10-20(26)25-14-3-4-15(25)6-13(5-14)19(24)8-12-7-17(22)18(23)9-16(12)21/h2-3,6-7,13,15,19-21,26H,4-5,8-12,14,31H2,1H3;2-4,11,13-14,16-18,24H,5-10,12,29H2,1H3;7,9,11,13-15,19H,3-6,8,10,24H2,1-2H3/t19?,20-,21+,26-;16?,17-,18+,24-;13?,14-,15+,19-/m111/s1. The maximum atomic E-state index is 14.1. The summed E-state index contributed by atoms with van der Waals surface area (Å²) in [7, 11) is -9.34. The lowest BCUT2D eigenvalue weighted by Crippen LogP contribution is -2.52. The Bertz CT molecular complexity index is 4180. The summed E-state index contributed by atoms with van der Waals surface area (Å²) >= 11 is 0. The van der Waals surface area contributed by atoms with Crippen molar-refractivity contribution in [1.29, 1.82) is 0 Å². The number of ketones is 1. The Hall–Kier alpha value is -6.92. The molecule has 0 radical (unpaired) electrons. The molecule has 6 bridgehead atoms. The number of fused-ring (bicyclic) bond motifs is 6. The second kappa shape index (κ2) is 32.8. The average molecular weight is 1480 g/mol. The molecular weight excluding hydrogens is 1390 g/mol. The summed E-state index contributed by atoms with van der Waals surface area (Å²) in [5, 5.41) is -0.610. The van der Waals surface area contributed by atoms with Crippen LogP contribution < -0.4 is 21.9 Å². The molecule has 6 N–H and O–H groups in total. The smallest absolute Gasteiger partial charge is 0.238 e. The molecule has 0 aromatic heterocycles. The van der Waals surface area contributed by atoms with Gasteiger partial charge in [-0.1, -0.05) is 18.2 Å². The van der Waals surface area contributed by atoms with Crippen LogP contribution in [0, 0.1) is 70.1 Å². The zero-order valence-electron chi connectivity index (χ0n) is 56.6. The molecule has 17 nitrogen and oxygen atoms in total. The summed E-state index contributed by atoms with van der Waals surface area (Å²) in [5.74, 6) is -11.1. The molecule has 5 aromatic rings. The third-order valence-electron chi connectivity index (χ3n) is 21.0. The third kappa shape index (κ3) is 19.1. The number of sulfone groups is 3. The van der Waals surface area contributed by atoms with E-state index in [0.717, 1.165) is 62.3 Å². The number of Topliss-reactive ketones (excluding diaryl/α,β-unsaturated/α-hetero) is 1. The predicted octanol–water partition coefficient (Wildman–Crippen LogP) is 9.92. The zero-order chi connectivity index (χ0) is 73.7. The van der Waals surface area contributed by atoms with Gasteiger partial charge in [-0.05, 0) is 206 Å². The Morgan fingerprint density at radius 2 is 0.782 bits per heavy atom. The first-order valence-corrected chi connectivity index (χ1v) is 39.0. The van der Waals surface area contributed by atoms with Gasteiger partial charge in [0.05, 0.1) is 33.7 Å². The highest BCUT2D eigenvalue weighted by atomic mass is 32.2. The highest BCUT2D eigenvalue weighted by Gasteiger charge is 2.48. The fourth-order valence-corrected chi connectivity index (χ4v) is 18.9. The molecule has 29 heteroatoms. The molecule has 6 saturated heterocycles. The second-order valence-electron chi connectivity index (χ2n) is 28.1. The number of hydrogen-bond donors (Lipinski definition) is 3. The maximum Gasteiger partial charge on any atom is 0.238 e. The molecule has 0 spiro atoms. The number of amides is 3. The fraction of sp³-hybridized carbons (Fsp3) is 0.528. The summed E-state index contributed by atoms with van der Waals surface area (Å²) in [5.41, 5.74) is 19.8. The molecule has 0 saturated carbocycles. The SMILES string of the molecule is CC(=O)Cc1ccc(S(=O)(=O)CCC(=O)N2[C@@H]3CC[C@H]2CC([C@H](N)Cc2cc(F)c(F)cc2F)C3)cc1.CC(C)S(=O)(=O)CC(=O)N1[C@@H]2CC[C@H]1CC([C@H](N)Cc1cc(F)c(F)cc1F)C2.COc1cccc(S(=O)(=O)CCC(=O)N2[C@@H]3CC[C@H]2CC([C@H](N)Cc2cc(F)c(F)cc2F)C3)c1. The predicted molar refractivity (Wildman–Crippen MR) is 359 cm³/mol. The zero-order valence-corrected chi connectivity index (χ0v) is 59.1. The number of hydrogen-bond acceptors (Lipinski definition) is 14. The number of nitrogens with zero attached hydrogens (tertiary/aromatic N) is 3. The molecule has 6 heterocycles. The lowest BCUT2D eigenvalue weighted by Gasteiger charge is -2.41. The minimum atomic E-state index is -3.67. The summed E-state index contributed by atoms with van der Waals surface area (Å²) in [6.07, 6.45) is 8.48. The number of rotatable bonds is 23. The van der Waals surface area contributed by atoms with Crippen molar-refractivity contribution in [3.8, 4) is 5.75 Å². The van der Waals surface area contributed by atoms with Crippen LogP contribution in [-0.2, 0) is 74.4 Å². The second-order valence-corrected chi connectivity index (χ2v) is 34.9. The lowest BCUT2D eigenvalue weighted by atomic mass is 9.82. The number of halogens is 9. The van der Waals surface area contributed by atoms with Gasteiger partial charge in [-0.15, -0.1) is 0 Å². The van der Waals surface area contributed by atoms with Crippen LogP contribution in [0.15, 0.2) is 94.7 Å². The molecule has 11 rings (SSSR count). The van der Waals surface area contributed by atoms with E-state index >= 15 is 0 Å². The van der Waals surface area contributed by atoms with Crippen molar-refractivity contribution in [2.75, 3.05) is 24.4 Å². The van der Waals surface area contributed by atoms with Gasteiger partial charge < -0.3 is 36.6 Å². The first kappa shape index (κ1) is 78.2. The van der Waals surface area contributed by atoms with E-state index < -0.39 is 111 Å². The van der Waals surface area contributed by atoms with E-state index in [1.807, 2.05) is 0 Å². The van der Waals surface area contributed by atoms with E-state index in [-0.39, 0.29) is 154 Å². The largest absolute Gasteiger partial charge is 0.497 e. The molecule has 12 atom stereocenters. The van der Waals surface area contributed by atoms with Crippen molar-refractivity contribution >= 4 is 53.0 Å². The van der Waals surface area contributed by atoms with Crippen LogP contribution >= 0.6 is 0 Å². The monoisotopic (exact) mass is 1480 g/mol.